The van der Waals surface area contributed by atoms with Gasteiger partial charge in [-0.3, -0.25) is 10.2 Å². The highest BCUT2D eigenvalue weighted by Crippen LogP contribution is 2.27. The van der Waals surface area contributed by atoms with Crippen molar-refractivity contribution in [3.63, 3.8) is 0 Å². The molecule has 6 heteroatoms. The van der Waals surface area contributed by atoms with Gasteiger partial charge in [-0.05, 0) is 23.6 Å². The van der Waals surface area contributed by atoms with Crippen molar-refractivity contribution in [1.29, 1.82) is 0 Å². The van der Waals surface area contributed by atoms with E-state index in [2.05, 4.69) is 10.5 Å². The summed E-state index contributed by atoms with van der Waals surface area (Å²) in [7, 11) is 3.56. The molecule has 1 N–H and O–H groups in total. The normalized spacial score (nSPS) is 10.9. The molecule has 5 nitrogen and oxygen atoms in total. The predicted octanol–water partition coefficient (Wildman–Crippen LogP) is 2.81. The lowest BCUT2D eigenvalue weighted by atomic mass is 10.2. The van der Waals surface area contributed by atoms with Crippen molar-refractivity contribution in [2.24, 2.45) is 0 Å². The van der Waals surface area contributed by atoms with E-state index in [4.69, 9.17) is 0 Å². The first kappa shape index (κ1) is 14.5. The van der Waals surface area contributed by atoms with Crippen molar-refractivity contribution < 1.29 is 4.79 Å². The Morgan fingerprint density at radius 1 is 1.18 bits per heavy atom. The number of nitrogens with one attached hydrogen (secondary N) is 1. The van der Waals surface area contributed by atoms with Crippen molar-refractivity contribution in [2.45, 2.75) is 0 Å². The van der Waals surface area contributed by atoms with Crippen molar-refractivity contribution >= 4 is 17.2 Å². The SMILES string of the molecule is CN(C)NC(=O)c1cn(-c2ccccc2)nc1-c1cccs1. The minimum atomic E-state index is -0.171. The summed E-state index contributed by atoms with van der Waals surface area (Å²) in [4.78, 5) is 13.4. The third kappa shape index (κ3) is 2.93. The maximum atomic E-state index is 12.4. The van der Waals surface area contributed by atoms with Crippen molar-refractivity contribution in [2.75, 3.05) is 14.1 Å². The second-order valence-corrected chi connectivity index (χ2v) is 5.93. The monoisotopic (exact) mass is 312 g/mol. The fraction of sp³-hybridized carbons (Fsp3) is 0.125. The highest BCUT2D eigenvalue weighted by molar-refractivity contribution is 7.13. The molecule has 0 aliphatic rings. The van der Waals surface area contributed by atoms with Gasteiger partial charge < -0.3 is 0 Å². The first-order chi connectivity index (χ1) is 10.6. The van der Waals surface area contributed by atoms with Gasteiger partial charge in [0.25, 0.3) is 5.91 Å². The number of rotatable bonds is 4. The zero-order valence-electron chi connectivity index (χ0n) is 12.4. The number of nitrogens with zero attached hydrogens (tertiary/aromatic N) is 3. The number of thiophene rings is 1. The Hall–Kier alpha value is -2.44. The molecule has 0 saturated carbocycles. The van der Waals surface area contributed by atoms with E-state index in [0.29, 0.717) is 11.3 Å². The van der Waals surface area contributed by atoms with Gasteiger partial charge in [0.1, 0.15) is 5.69 Å². The average molecular weight is 312 g/mol. The molecule has 0 atom stereocenters. The lowest BCUT2D eigenvalue weighted by Crippen LogP contribution is -2.36. The van der Waals surface area contributed by atoms with Crippen LogP contribution in [0.5, 0.6) is 0 Å². The van der Waals surface area contributed by atoms with Crippen LogP contribution < -0.4 is 5.43 Å². The van der Waals surface area contributed by atoms with E-state index in [-0.39, 0.29) is 5.91 Å². The number of hydrazine groups is 1. The van der Waals surface area contributed by atoms with Crippen LogP contribution in [0.15, 0.2) is 54.0 Å². The Bertz CT molecular complexity index is 763. The Labute approximate surface area is 132 Å². The zero-order valence-corrected chi connectivity index (χ0v) is 13.2. The molecule has 1 aromatic carbocycles. The highest BCUT2D eigenvalue weighted by Gasteiger charge is 2.19. The Morgan fingerprint density at radius 3 is 2.59 bits per heavy atom. The van der Waals surface area contributed by atoms with Gasteiger partial charge in [0.15, 0.2) is 0 Å². The number of para-hydroxylation sites is 1. The number of carbonyl (C=O) groups excluding carboxylic acids is 1. The van der Waals surface area contributed by atoms with Crippen LogP contribution >= 0.6 is 11.3 Å². The Balaban J connectivity index is 2.07. The van der Waals surface area contributed by atoms with Gasteiger partial charge in [0.2, 0.25) is 0 Å². The summed E-state index contributed by atoms with van der Waals surface area (Å²) in [5.41, 5.74) is 4.94. The Kier molecular flexibility index (Phi) is 4.04. The molecule has 1 amide bonds. The molecule has 0 bridgehead atoms. The third-order valence-corrected chi connectivity index (χ3v) is 3.94. The van der Waals surface area contributed by atoms with Gasteiger partial charge in [-0.2, -0.15) is 5.10 Å². The van der Waals surface area contributed by atoms with E-state index in [0.717, 1.165) is 10.6 Å². The van der Waals surface area contributed by atoms with Gasteiger partial charge in [-0.25, -0.2) is 9.69 Å². The fourth-order valence-electron chi connectivity index (χ4n) is 2.11. The maximum absolute atomic E-state index is 12.4. The molecule has 2 heterocycles. The second-order valence-electron chi connectivity index (χ2n) is 4.98. The van der Waals surface area contributed by atoms with E-state index in [1.165, 1.54) is 0 Å². The van der Waals surface area contributed by atoms with Crippen LogP contribution in [-0.2, 0) is 0 Å². The molecule has 0 spiro atoms. The summed E-state index contributed by atoms with van der Waals surface area (Å²) in [5.74, 6) is -0.171. The van der Waals surface area contributed by atoms with Gasteiger partial charge in [-0.1, -0.05) is 24.3 Å². The first-order valence-electron chi connectivity index (χ1n) is 6.82. The van der Waals surface area contributed by atoms with Gasteiger partial charge >= 0.3 is 0 Å². The van der Waals surface area contributed by atoms with E-state index in [1.54, 1.807) is 41.3 Å². The van der Waals surface area contributed by atoms with E-state index in [1.807, 2.05) is 47.8 Å². The number of hydrogen-bond donors (Lipinski definition) is 1. The molecule has 3 rings (SSSR count). The third-order valence-electron chi connectivity index (χ3n) is 3.06. The maximum Gasteiger partial charge on any atom is 0.269 e. The van der Waals surface area contributed by atoms with Gasteiger partial charge in [0.05, 0.1) is 16.1 Å². The smallest absolute Gasteiger partial charge is 0.269 e. The average Bonchev–Trinajstić information content (AvgIpc) is 3.16. The summed E-state index contributed by atoms with van der Waals surface area (Å²) in [6, 6.07) is 13.7. The number of amides is 1. The molecule has 2 aromatic heterocycles. The highest BCUT2D eigenvalue weighted by atomic mass is 32.1. The quantitative estimate of drug-likeness (QED) is 0.754. The minimum absolute atomic E-state index is 0.171. The van der Waals surface area contributed by atoms with Crippen molar-refractivity contribution in [1.82, 2.24) is 20.2 Å². The molecule has 3 aromatic rings. The lowest BCUT2D eigenvalue weighted by Gasteiger charge is -2.11. The summed E-state index contributed by atoms with van der Waals surface area (Å²) >= 11 is 1.57. The largest absolute Gasteiger partial charge is 0.285 e. The molecule has 112 valence electrons. The topological polar surface area (TPSA) is 50.2 Å². The number of carbonyl (C=O) groups is 1. The lowest BCUT2D eigenvalue weighted by molar-refractivity contribution is 0.0857. The van der Waals surface area contributed by atoms with Crippen LogP contribution in [0, 0.1) is 0 Å². The summed E-state index contributed by atoms with van der Waals surface area (Å²) in [6.07, 6.45) is 1.77. The molecular weight excluding hydrogens is 296 g/mol. The summed E-state index contributed by atoms with van der Waals surface area (Å²) < 4.78 is 1.74. The van der Waals surface area contributed by atoms with Crippen molar-refractivity contribution in [3.05, 3.63) is 59.6 Å². The number of benzene rings is 1. The standard InChI is InChI=1S/C16H16N4OS/c1-19(2)18-16(21)13-11-20(12-7-4-3-5-8-12)17-15(13)14-9-6-10-22-14/h3-11H,1-2H3,(H,18,21). The molecule has 0 fully saturated rings. The Morgan fingerprint density at radius 2 is 1.95 bits per heavy atom. The van der Waals surface area contributed by atoms with Crippen LogP contribution in [0.25, 0.3) is 16.3 Å². The van der Waals surface area contributed by atoms with Crippen LogP contribution in [0.4, 0.5) is 0 Å². The molecule has 22 heavy (non-hydrogen) atoms. The minimum Gasteiger partial charge on any atom is -0.285 e. The molecule has 0 aliphatic heterocycles. The van der Waals surface area contributed by atoms with Gasteiger partial charge in [-0.15, -0.1) is 11.3 Å². The number of aromatic nitrogens is 2. The molecule has 0 radical (unpaired) electrons. The van der Waals surface area contributed by atoms with Gasteiger partial charge in [0, 0.05) is 20.3 Å². The molecular formula is C16H16N4OS. The molecule has 0 saturated heterocycles. The van der Waals surface area contributed by atoms with E-state index < -0.39 is 0 Å². The van der Waals surface area contributed by atoms with Crippen LogP contribution in [0.3, 0.4) is 0 Å². The predicted molar refractivity (Wildman–Crippen MR) is 88.0 cm³/mol. The van der Waals surface area contributed by atoms with Crippen LogP contribution in [-0.4, -0.2) is 34.8 Å². The summed E-state index contributed by atoms with van der Waals surface area (Å²) in [6.45, 7) is 0. The van der Waals surface area contributed by atoms with E-state index >= 15 is 0 Å². The van der Waals surface area contributed by atoms with Crippen LogP contribution in [0.2, 0.25) is 0 Å². The van der Waals surface area contributed by atoms with Crippen molar-refractivity contribution in [3.8, 4) is 16.3 Å². The molecule has 0 aliphatic carbocycles. The first-order valence-corrected chi connectivity index (χ1v) is 7.70. The second kappa shape index (κ2) is 6.13. The summed E-state index contributed by atoms with van der Waals surface area (Å²) in [5, 5.41) is 8.20. The zero-order chi connectivity index (χ0) is 15.5. The fourth-order valence-corrected chi connectivity index (χ4v) is 2.83. The van der Waals surface area contributed by atoms with Crippen LogP contribution in [0.1, 0.15) is 10.4 Å². The molecule has 0 unspecified atom stereocenters. The number of hydrogen-bond acceptors (Lipinski definition) is 4. The van der Waals surface area contributed by atoms with E-state index in [9.17, 15) is 4.79 Å².